The lowest BCUT2D eigenvalue weighted by Gasteiger charge is -2.18. The highest BCUT2D eigenvalue weighted by molar-refractivity contribution is 5.91. The van der Waals surface area contributed by atoms with E-state index in [1.807, 2.05) is 30.3 Å². The molecule has 5 heteroatoms. The summed E-state index contributed by atoms with van der Waals surface area (Å²) >= 11 is 0. The van der Waals surface area contributed by atoms with Gasteiger partial charge < -0.3 is 9.73 Å². The minimum Gasteiger partial charge on any atom is -0.419 e. The molecule has 0 aliphatic heterocycles. The molecule has 0 fully saturated rings. The average molecular weight is 282 g/mol. The maximum atomic E-state index is 5.76. The summed E-state index contributed by atoms with van der Waals surface area (Å²) in [4.78, 5) is 4.34. The molecular weight excluding hydrogens is 264 g/mol. The smallest absolute Gasteiger partial charge is 0.248 e. The topological polar surface area (TPSA) is 63.8 Å². The van der Waals surface area contributed by atoms with Crippen molar-refractivity contribution in [2.75, 3.05) is 0 Å². The van der Waals surface area contributed by atoms with Gasteiger partial charge in [-0.1, -0.05) is 18.2 Å². The summed E-state index contributed by atoms with van der Waals surface area (Å²) in [5, 5.41) is 12.6. The van der Waals surface area contributed by atoms with E-state index >= 15 is 0 Å². The van der Waals surface area contributed by atoms with Crippen molar-refractivity contribution in [3.8, 4) is 11.5 Å². The molecule has 0 aliphatic carbocycles. The van der Waals surface area contributed by atoms with Crippen molar-refractivity contribution in [3.05, 3.63) is 42.4 Å². The Morgan fingerprint density at radius 1 is 1.10 bits per heavy atom. The number of hydrogen-bond donors (Lipinski definition) is 1. The third-order valence-corrected chi connectivity index (χ3v) is 3.12. The lowest BCUT2D eigenvalue weighted by Crippen LogP contribution is -2.35. The van der Waals surface area contributed by atoms with E-state index in [2.05, 4.69) is 41.3 Å². The first-order valence-electron chi connectivity index (χ1n) is 6.94. The maximum Gasteiger partial charge on any atom is 0.248 e. The molecule has 3 rings (SSSR count). The number of hydrogen-bond acceptors (Lipinski definition) is 5. The fraction of sp³-hybridized carbons (Fsp3) is 0.312. The van der Waals surface area contributed by atoms with Crippen molar-refractivity contribution in [2.45, 2.75) is 32.9 Å². The highest BCUT2D eigenvalue weighted by Crippen LogP contribution is 2.26. The SMILES string of the molecule is CC(C)(C)NCc1nnc(-c2ccnc3ccccc23)o1. The van der Waals surface area contributed by atoms with Gasteiger partial charge in [-0.2, -0.15) is 0 Å². The zero-order valence-corrected chi connectivity index (χ0v) is 12.4. The Morgan fingerprint density at radius 3 is 2.71 bits per heavy atom. The van der Waals surface area contributed by atoms with Crippen molar-refractivity contribution >= 4 is 10.9 Å². The van der Waals surface area contributed by atoms with Crippen LogP contribution in [0.15, 0.2) is 40.9 Å². The van der Waals surface area contributed by atoms with Crippen LogP contribution in [0.2, 0.25) is 0 Å². The van der Waals surface area contributed by atoms with Crippen molar-refractivity contribution < 1.29 is 4.42 Å². The van der Waals surface area contributed by atoms with Crippen LogP contribution in [0.3, 0.4) is 0 Å². The molecule has 0 atom stereocenters. The first-order valence-corrected chi connectivity index (χ1v) is 6.94. The van der Waals surface area contributed by atoms with Gasteiger partial charge in [0.25, 0.3) is 0 Å². The summed E-state index contributed by atoms with van der Waals surface area (Å²) in [6.07, 6.45) is 1.76. The zero-order valence-electron chi connectivity index (χ0n) is 12.4. The largest absolute Gasteiger partial charge is 0.419 e. The number of pyridine rings is 1. The Bertz CT molecular complexity index is 753. The molecule has 0 amide bonds. The van der Waals surface area contributed by atoms with Crippen LogP contribution in [0.1, 0.15) is 26.7 Å². The molecule has 2 aromatic heterocycles. The second-order valence-corrected chi connectivity index (χ2v) is 5.98. The van der Waals surface area contributed by atoms with Crippen LogP contribution in [0, 0.1) is 0 Å². The van der Waals surface area contributed by atoms with Crippen molar-refractivity contribution in [3.63, 3.8) is 0 Å². The van der Waals surface area contributed by atoms with Gasteiger partial charge in [-0.05, 0) is 32.9 Å². The lowest BCUT2D eigenvalue weighted by molar-refractivity contribution is 0.383. The van der Waals surface area contributed by atoms with E-state index in [9.17, 15) is 0 Å². The Balaban J connectivity index is 1.92. The van der Waals surface area contributed by atoms with Crippen LogP contribution < -0.4 is 5.32 Å². The number of rotatable bonds is 3. The first-order chi connectivity index (χ1) is 10.0. The standard InChI is InChI=1S/C16H18N4O/c1-16(2,3)18-10-14-19-20-15(21-14)12-8-9-17-13-7-5-4-6-11(12)13/h4-9,18H,10H2,1-3H3. The average Bonchev–Trinajstić information content (AvgIpc) is 2.92. The number of nitrogens with zero attached hydrogens (tertiary/aromatic N) is 3. The molecule has 0 bridgehead atoms. The van der Waals surface area contributed by atoms with Gasteiger partial charge in [-0.25, -0.2) is 0 Å². The van der Waals surface area contributed by atoms with Gasteiger partial charge in [0.2, 0.25) is 11.8 Å². The van der Waals surface area contributed by atoms with Crippen molar-refractivity contribution in [2.24, 2.45) is 0 Å². The molecule has 0 saturated carbocycles. The number of para-hydroxylation sites is 1. The van der Waals surface area contributed by atoms with Crippen LogP contribution in [0.25, 0.3) is 22.4 Å². The van der Waals surface area contributed by atoms with Crippen LogP contribution in [-0.4, -0.2) is 20.7 Å². The summed E-state index contributed by atoms with van der Waals surface area (Å²) in [5.74, 6) is 1.11. The molecule has 3 aromatic rings. The van der Waals surface area contributed by atoms with E-state index in [1.165, 1.54) is 0 Å². The number of aromatic nitrogens is 3. The summed E-state index contributed by atoms with van der Waals surface area (Å²) in [7, 11) is 0. The van der Waals surface area contributed by atoms with Gasteiger partial charge >= 0.3 is 0 Å². The highest BCUT2D eigenvalue weighted by atomic mass is 16.4. The summed E-state index contributed by atoms with van der Waals surface area (Å²) in [5.41, 5.74) is 1.84. The predicted octanol–water partition coefficient (Wildman–Crippen LogP) is 3.17. The van der Waals surface area contributed by atoms with E-state index < -0.39 is 0 Å². The van der Waals surface area contributed by atoms with Gasteiger partial charge in [0, 0.05) is 22.7 Å². The molecule has 1 N–H and O–H groups in total. The van der Waals surface area contributed by atoms with Gasteiger partial charge in [0.15, 0.2) is 0 Å². The molecule has 0 saturated heterocycles. The highest BCUT2D eigenvalue weighted by Gasteiger charge is 2.14. The maximum absolute atomic E-state index is 5.76. The van der Waals surface area contributed by atoms with Crippen LogP contribution in [-0.2, 0) is 6.54 Å². The monoisotopic (exact) mass is 282 g/mol. The van der Waals surface area contributed by atoms with E-state index in [0.717, 1.165) is 16.5 Å². The predicted molar refractivity (Wildman–Crippen MR) is 81.6 cm³/mol. The third-order valence-electron chi connectivity index (χ3n) is 3.12. The van der Waals surface area contributed by atoms with E-state index in [4.69, 9.17) is 4.42 Å². The molecule has 5 nitrogen and oxygen atoms in total. The fourth-order valence-electron chi connectivity index (χ4n) is 2.06. The van der Waals surface area contributed by atoms with Gasteiger partial charge in [0.05, 0.1) is 12.1 Å². The first kappa shape index (κ1) is 13.7. The Kier molecular flexibility index (Phi) is 3.43. The molecule has 2 heterocycles. The molecule has 21 heavy (non-hydrogen) atoms. The number of nitrogens with one attached hydrogen (secondary N) is 1. The van der Waals surface area contributed by atoms with Crippen LogP contribution in [0.4, 0.5) is 0 Å². The molecule has 0 aliphatic rings. The third kappa shape index (κ3) is 3.08. The zero-order chi connectivity index (χ0) is 14.9. The quantitative estimate of drug-likeness (QED) is 0.799. The van der Waals surface area contributed by atoms with E-state index in [1.54, 1.807) is 6.20 Å². The van der Waals surface area contributed by atoms with Gasteiger partial charge in [-0.15, -0.1) is 10.2 Å². The molecular formula is C16H18N4O. The van der Waals surface area contributed by atoms with Crippen LogP contribution >= 0.6 is 0 Å². The Morgan fingerprint density at radius 2 is 1.90 bits per heavy atom. The normalized spacial score (nSPS) is 12.0. The van der Waals surface area contributed by atoms with Crippen molar-refractivity contribution in [1.29, 1.82) is 0 Å². The number of fused-ring (bicyclic) bond motifs is 1. The minimum absolute atomic E-state index is 0.0119. The second-order valence-electron chi connectivity index (χ2n) is 5.98. The fourth-order valence-corrected chi connectivity index (χ4v) is 2.06. The molecule has 0 unspecified atom stereocenters. The lowest BCUT2D eigenvalue weighted by atomic mass is 10.1. The molecule has 108 valence electrons. The summed E-state index contributed by atoms with van der Waals surface area (Å²) in [6, 6.07) is 9.82. The van der Waals surface area contributed by atoms with E-state index in [-0.39, 0.29) is 5.54 Å². The second kappa shape index (κ2) is 5.26. The van der Waals surface area contributed by atoms with Crippen molar-refractivity contribution in [1.82, 2.24) is 20.5 Å². The molecule has 1 aromatic carbocycles. The minimum atomic E-state index is 0.0119. The summed E-state index contributed by atoms with van der Waals surface area (Å²) < 4.78 is 5.76. The molecule has 0 spiro atoms. The van der Waals surface area contributed by atoms with E-state index in [0.29, 0.717) is 18.3 Å². The molecule has 0 radical (unpaired) electrons. The summed E-state index contributed by atoms with van der Waals surface area (Å²) in [6.45, 7) is 6.85. The van der Waals surface area contributed by atoms with Gasteiger partial charge in [-0.3, -0.25) is 4.98 Å². The van der Waals surface area contributed by atoms with Crippen LogP contribution in [0.5, 0.6) is 0 Å². The Labute approximate surface area is 123 Å². The Hall–Kier alpha value is -2.27. The van der Waals surface area contributed by atoms with Gasteiger partial charge in [0.1, 0.15) is 0 Å². The number of benzene rings is 1.